The Bertz CT molecular complexity index is 256. The smallest absolute Gasteiger partial charge is 0.234 e. The van der Waals surface area contributed by atoms with Gasteiger partial charge in [-0.1, -0.05) is 6.08 Å². The zero-order valence-corrected chi connectivity index (χ0v) is 10.2. The van der Waals surface area contributed by atoms with E-state index < -0.39 is 0 Å². The van der Waals surface area contributed by atoms with Crippen molar-refractivity contribution in [3.8, 4) is 0 Å². The second kappa shape index (κ2) is 9.80. The van der Waals surface area contributed by atoms with E-state index >= 15 is 0 Å². The molecule has 17 heavy (non-hydrogen) atoms. The highest BCUT2D eigenvalue weighted by molar-refractivity contribution is 5.78. The van der Waals surface area contributed by atoms with Crippen LogP contribution >= 0.6 is 0 Å². The van der Waals surface area contributed by atoms with E-state index in [1.165, 1.54) is 6.92 Å². The second-order valence-corrected chi connectivity index (χ2v) is 3.58. The molecule has 0 saturated carbocycles. The van der Waals surface area contributed by atoms with Gasteiger partial charge < -0.3 is 15.7 Å². The largest absolute Gasteiger partial charge is 0.395 e. The number of hydrogen-bond donors (Lipinski definition) is 3. The Hall–Kier alpha value is -1.40. The van der Waals surface area contributed by atoms with Crippen LogP contribution in [0.15, 0.2) is 12.7 Å². The van der Waals surface area contributed by atoms with Gasteiger partial charge >= 0.3 is 0 Å². The first-order valence-electron chi connectivity index (χ1n) is 5.55. The Kier molecular flexibility index (Phi) is 8.99. The maximum atomic E-state index is 11.5. The van der Waals surface area contributed by atoms with Crippen LogP contribution in [-0.2, 0) is 9.59 Å². The number of carbonyl (C=O) groups excluding carboxylic acids is 2. The maximum absolute atomic E-state index is 11.5. The van der Waals surface area contributed by atoms with Crippen LogP contribution in [0.3, 0.4) is 0 Å². The number of amides is 2. The third-order valence-electron chi connectivity index (χ3n) is 1.99. The van der Waals surface area contributed by atoms with Crippen molar-refractivity contribution >= 4 is 11.8 Å². The number of rotatable bonds is 9. The van der Waals surface area contributed by atoms with Gasteiger partial charge in [-0.3, -0.25) is 14.5 Å². The molecule has 0 rings (SSSR count). The van der Waals surface area contributed by atoms with E-state index in [0.29, 0.717) is 26.2 Å². The molecule has 0 heterocycles. The summed E-state index contributed by atoms with van der Waals surface area (Å²) in [6.07, 6.45) is 1.68. The van der Waals surface area contributed by atoms with Gasteiger partial charge in [0.05, 0.1) is 13.2 Å². The standard InChI is InChI=1S/C11H21N3O3/c1-3-6-14(7-8-15)9-11(17)13-5-4-12-10(2)16/h3,15H,1,4-9H2,2H3,(H,12,16)(H,13,17). The number of aliphatic hydroxyl groups excluding tert-OH is 1. The molecule has 98 valence electrons. The van der Waals surface area contributed by atoms with Crippen LogP contribution < -0.4 is 10.6 Å². The molecule has 0 fully saturated rings. The van der Waals surface area contributed by atoms with E-state index in [-0.39, 0.29) is 25.0 Å². The minimum absolute atomic E-state index is 0.00696. The van der Waals surface area contributed by atoms with Crippen molar-refractivity contribution in [3.05, 3.63) is 12.7 Å². The normalized spacial score (nSPS) is 10.1. The van der Waals surface area contributed by atoms with E-state index in [1.807, 2.05) is 0 Å². The van der Waals surface area contributed by atoms with Crippen LogP contribution in [0, 0.1) is 0 Å². The highest BCUT2D eigenvalue weighted by Crippen LogP contribution is 1.87. The summed E-state index contributed by atoms with van der Waals surface area (Å²) in [7, 11) is 0. The van der Waals surface area contributed by atoms with Crippen molar-refractivity contribution in [1.29, 1.82) is 0 Å². The zero-order chi connectivity index (χ0) is 13.1. The number of hydrogen-bond acceptors (Lipinski definition) is 4. The van der Waals surface area contributed by atoms with Gasteiger partial charge in [-0.25, -0.2) is 0 Å². The minimum Gasteiger partial charge on any atom is -0.395 e. The summed E-state index contributed by atoms with van der Waals surface area (Å²) in [5, 5.41) is 14.1. The van der Waals surface area contributed by atoms with Crippen molar-refractivity contribution in [2.24, 2.45) is 0 Å². The van der Waals surface area contributed by atoms with Crippen LogP contribution in [0.4, 0.5) is 0 Å². The van der Waals surface area contributed by atoms with Gasteiger partial charge in [0.15, 0.2) is 0 Å². The molecule has 0 aromatic rings. The van der Waals surface area contributed by atoms with E-state index in [2.05, 4.69) is 17.2 Å². The molecular weight excluding hydrogens is 222 g/mol. The molecule has 0 saturated heterocycles. The van der Waals surface area contributed by atoms with Gasteiger partial charge in [0, 0.05) is 33.1 Å². The summed E-state index contributed by atoms with van der Waals surface area (Å²) in [4.78, 5) is 23.8. The number of nitrogens with zero attached hydrogens (tertiary/aromatic N) is 1. The molecule has 0 aromatic carbocycles. The molecule has 0 aliphatic carbocycles. The molecule has 2 amide bonds. The Balaban J connectivity index is 3.73. The van der Waals surface area contributed by atoms with Gasteiger partial charge in [-0.2, -0.15) is 0 Å². The van der Waals surface area contributed by atoms with Crippen molar-refractivity contribution in [2.75, 3.05) is 39.3 Å². The zero-order valence-electron chi connectivity index (χ0n) is 10.2. The summed E-state index contributed by atoms with van der Waals surface area (Å²) in [6.45, 7) is 7.04. The van der Waals surface area contributed by atoms with Crippen molar-refractivity contribution in [1.82, 2.24) is 15.5 Å². The maximum Gasteiger partial charge on any atom is 0.234 e. The van der Waals surface area contributed by atoms with Crippen LogP contribution in [0.5, 0.6) is 0 Å². The van der Waals surface area contributed by atoms with Crippen molar-refractivity contribution in [3.63, 3.8) is 0 Å². The highest BCUT2D eigenvalue weighted by atomic mass is 16.3. The predicted octanol–water partition coefficient (Wildman–Crippen LogP) is -1.28. The molecule has 6 nitrogen and oxygen atoms in total. The average molecular weight is 243 g/mol. The summed E-state index contributed by atoms with van der Waals surface area (Å²) in [6, 6.07) is 0. The molecule has 0 aliphatic rings. The lowest BCUT2D eigenvalue weighted by molar-refractivity contribution is -0.123. The Morgan fingerprint density at radius 3 is 2.53 bits per heavy atom. The van der Waals surface area contributed by atoms with Gasteiger partial charge in [-0.05, 0) is 0 Å². The molecule has 0 aliphatic heterocycles. The molecule has 0 atom stereocenters. The van der Waals surface area contributed by atoms with Gasteiger partial charge in [0.2, 0.25) is 11.8 Å². The summed E-state index contributed by atoms with van der Waals surface area (Å²) < 4.78 is 0. The second-order valence-electron chi connectivity index (χ2n) is 3.58. The summed E-state index contributed by atoms with van der Waals surface area (Å²) in [5.41, 5.74) is 0. The first kappa shape index (κ1) is 15.6. The molecule has 0 bridgehead atoms. The first-order chi connectivity index (χ1) is 8.10. The van der Waals surface area contributed by atoms with E-state index in [4.69, 9.17) is 5.11 Å². The molecule has 0 radical (unpaired) electrons. The van der Waals surface area contributed by atoms with Crippen LogP contribution in [0.25, 0.3) is 0 Å². The fourth-order valence-corrected chi connectivity index (χ4v) is 1.26. The quantitative estimate of drug-likeness (QED) is 0.348. The number of aliphatic hydroxyl groups is 1. The molecule has 3 N–H and O–H groups in total. The van der Waals surface area contributed by atoms with Gasteiger partial charge in [0.1, 0.15) is 0 Å². The third-order valence-corrected chi connectivity index (χ3v) is 1.99. The van der Waals surface area contributed by atoms with Crippen LogP contribution in [0.2, 0.25) is 0 Å². The number of nitrogens with one attached hydrogen (secondary N) is 2. The first-order valence-corrected chi connectivity index (χ1v) is 5.55. The summed E-state index contributed by atoms with van der Waals surface area (Å²) >= 11 is 0. The van der Waals surface area contributed by atoms with Gasteiger partial charge in [-0.15, -0.1) is 6.58 Å². The minimum atomic E-state index is -0.134. The third kappa shape index (κ3) is 9.52. The topological polar surface area (TPSA) is 81.7 Å². The monoisotopic (exact) mass is 243 g/mol. The lowest BCUT2D eigenvalue weighted by atomic mass is 10.4. The molecule has 0 spiro atoms. The molecule has 0 aromatic heterocycles. The molecular formula is C11H21N3O3. The number of carbonyl (C=O) groups is 2. The van der Waals surface area contributed by atoms with E-state index in [1.54, 1.807) is 11.0 Å². The Labute approximate surface area is 102 Å². The summed E-state index contributed by atoms with van der Waals surface area (Å²) in [5.74, 6) is -0.251. The molecule has 6 heteroatoms. The fourth-order valence-electron chi connectivity index (χ4n) is 1.26. The Morgan fingerprint density at radius 1 is 1.35 bits per heavy atom. The van der Waals surface area contributed by atoms with Crippen molar-refractivity contribution < 1.29 is 14.7 Å². The van der Waals surface area contributed by atoms with E-state index in [9.17, 15) is 9.59 Å². The van der Waals surface area contributed by atoms with Crippen LogP contribution in [-0.4, -0.2) is 61.2 Å². The molecule has 0 unspecified atom stereocenters. The highest BCUT2D eigenvalue weighted by Gasteiger charge is 2.07. The predicted molar refractivity (Wildman–Crippen MR) is 65.4 cm³/mol. The average Bonchev–Trinajstić information content (AvgIpc) is 2.25. The SMILES string of the molecule is C=CCN(CCO)CC(=O)NCCNC(C)=O. The van der Waals surface area contributed by atoms with E-state index in [0.717, 1.165) is 0 Å². The lowest BCUT2D eigenvalue weighted by Gasteiger charge is -2.18. The fraction of sp³-hybridized carbons (Fsp3) is 0.636. The van der Waals surface area contributed by atoms with Gasteiger partial charge in [0.25, 0.3) is 0 Å². The lowest BCUT2D eigenvalue weighted by Crippen LogP contribution is -2.41. The van der Waals surface area contributed by atoms with Crippen LogP contribution in [0.1, 0.15) is 6.92 Å². The Morgan fingerprint density at radius 2 is 2.00 bits per heavy atom. The van der Waals surface area contributed by atoms with Crippen molar-refractivity contribution in [2.45, 2.75) is 6.92 Å².